The monoisotopic (exact) mass is 304 g/mol. The van der Waals surface area contributed by atoms with Crippen LogP contribution in [0.3, 0.4) is 0 Å². The second kappa shape index (κ2) is 5.88. The van der Waals surface area contributed by atoms with Crippen LogP contribution >= 0.6 is 0 Å². The Kier molecular flexibility index (Phi) is 4.69. The number of nitrogens with zero attached hydrogens (tertiary/aromatic N) is 1. The largest absolute Gasteiger partial charge is 0.394 e. The van der Waals surface area contributed by atoms with Crippen LogP contribution in [0, 0.1) is 0 Å². The van der Waals surface area contributed by atoms with E-state index >= 15 is 0 Å². The summed E-state index contributed by atoms with van der Waals surface area (Å²) in [5.74, 6) is -3.27. The van der Waals surface area contributed by atoms with Gasteiger partial charge >= 0.3 is 0 Å². The summed E-state index contributed by atoms with van der Waals surface area (Å²) in [6.45, 7) is 1.40. The van der Waals surface area contributed by atoms with E-state index in [1.807, 2.05) is 0 Å². The van der Waals surface area contributed by atoms with Crippen molar-refractivity contribution in [2.24, 2.45) is 5.73 Å². The third-order valence-electron chi connectivity index (χ3n) is 4.56. The summed E-state index contributed by atoms with van der Waals surface area (Å²) in [5.41, 5.74) is 4.25. The van der Waals surface area contributed by atoms with E-state index in [1.54, 1.807) is 4.90 Å². The molecule has 1 unspecified atom stereocenters. The number of hydrogen-bond donors (Lipinski definition) is 5. The summed E-state index contributed by atoms with van der Waals surface area (Å²) in [6, 6.07) is 0. The molecule has 8 nitrogen and oxygen atoms in total. The van der Waals surface area contributed by atoms with E-state index in [1.165, 1.54) is 0 Å². The van der Waals surface area contributed by atoms with Gasteiger partial charge in [-0.25, -0.2) is 0 Å². The molecule has 2 aliphatic heterocycles. The van der Waals surface area contributed by atoms with Crippen LogP contribution in [0.15, 0.2) is 0 Å². The van der Waals surface area contributed by atoms with Crippen molar-refractivity contribution in [3.8, 4) is 0 Å². The average Bonchev–Trinajstić information content (AvgIpc) is 2.49. The molecule has 0 aromatic heterocycles. The third kappa shape index (κ3) is 2.40. The van der Waals surface area contributed by atoms with Gasteiger partial charge in [0, 0.05) is 20.0 Å². The Morgan fingerprint density at radius 2 is 1.90 bits per heavy atom. The molecule has 2 rings (SSSR count). The number of carbonyl (C=O) groups is 1. The van der Waals surface area contributed by atoms with E-state index in [9.17, 15) is 25.2 Å². The Balaban J connectivity index is 2.44. The maximum atomic E-state index is 11.9. The number of Topliss-reactive ketones (excluding diaryl/α,β-unsaturated/α-hetero) is 1. The number of ketones is 1. The first-order valence-corrected chi connectivity index (χ1v) is 7.21. The van der Waals surface area contributed by atoms with Crippen LogP contribution in [0.25, 0.3) is 0 Å². The molecule has 0 aliphatic carbocycles. The number of aliphatic hydroxyl groups excluding tert-OH is 3. The van der Waals surface area contributed by atoms with E-state index < -0.39 is 42.2 Å². The number of carbonyl (C=O) groups excluding carboxylic acids is 1. The van der Waals surface area contributed by atoms with Gasteiger partial charge in [-0.15, -0.1) is 0 Å². The number of rotatable bonds is 3. The van der Waals surface area contributed by atoms with Crippen LogP contribution < -0.4 is 5.73 Å². The van der Waals surface area contributed by atoms with Crippen molar-refractivity contribution in [3.63, 3.8) is 0 Å². The maximum Gasteiger partial charge on any atom is 0.262 e. The lowest BCUT2D eigenvalue weighted by molar-refractivity contribution is -0.351. The summed E-state index contributed by atoms with van der Waals surface area (Å²) in [6.07, 6.45) is -1.81. The Morgan fingerprint density at radius 1 is 1.33 bits per heavy atom. The van der Waals surface area contributed by atoms with Crippen LogP contribution in [0.5, 0.6) is 0 Å². The van der Waals surface area contributed by atoms with E-state index in [2.05, 4.69) is 0 Å². The van der Waals surface area contributed by atoms with Gasteiger partial charge in [-0.05, 0) is 12.8 Å². The zero-order valence-electron chi connectivity index (χ0n) is 12.1. The first-order chi connectivity index (χ1) is 9.79. The lowest BCUT2D eigenvalue weighted by atomic mass is 9.80. The van der Waals surface area contributed by atoms with Gasteiger partial charge in [0.2, 0.25) is 0 Å². The van der Waals surface area contributed by atoms with Gasteiger partial charge in [-0.3, -0.25) is 9.69 Å². The van der Waals surface area contributed by atoms with Gasteiger partial charge in [0.25, 0.3) is 5.79 Å². The molecule has 2 heterocycles. The molecular weight excluding hydrogens is 280 g/mol. The first kappa shape index (κ1) is 16.8. The van der Waals surface area contributed by atoms with Crippen LogP contribution in [0.2, 0.25) is 0 Å². The molecular formula is C13H24N2O6. The van der Waals surface area contributed by atoms with Gasteiger partial charge in [-0.1, -0.05) is 6.42 Å². The van der Waals surface area contributed by atoms with Crippen LogP contribution in [-0.4, -0.2) is 80.6 Å². The Bertz CT molecular complexity index is 402. The second-order valence-electron chi connectivity index (χ2n) is 5.85. The molecule has 21 heavy (non-hydrogen) atoms. The number of hydrogen-bond acceptors (Lipinski definition) is 8. The highest BCUT2D eigenvalue weighted by atomic mass is 16.7. The third-order valence-corrected chi connectivity index (χ3v) is 4.56. The minimum absolute atomic E-state index is 0.475. The molecule has 122 valence electrons. The lowest BCUT2D eigenvalue weighted by Crippen LogP contribution is -2.85. The average molecular weight is 304 g/mol. The number of piperidine rings is 1. The highest BCUT2D eigenvalue weighted by Gasteiger charge is 2.67. The molecule has 0 aromatic rings. The molecule has 0 spiro atoms. The Morgan fingerprint density at radius 3 is 2.38 bits per heavy atom. The van der Waals surface area contributed by atoms with Gasteiger partial charge in [0.05, 0.1) is 6.61 Å². The van der Waals surface area contributed by atoms with Gasteiger partial charge < -0.3 is 30.9 Å². The fourth-order valence-corrected chi connectivity index (χ4v) is 3.22. The lowest BCUT2D eigenvalue weighted by Gasteiger charge is -2.57. The molecule has 0 amide bonds. The number of ether oxygens (including phenoxy) is 1. The van der Waals surface area contributed by atoms with Crippen LogP contribution in [-0.2, 0) is 9.53 Å². The summed E-state index contributed by atoms with van der Waals surface area (Å²) >= 11 is 0. The highest BCUT2D eigenvalue weighted by molar-refractivity contribution is 5.85. The van der Waals surface area contributed by atoms with Crippen molar-refractivity contribution in [1.82, 2.24) is 4.90 Å². The topological polar surface area (TPSA) is 136 Å². The summed E-state index contributed by atoms with van der Waals surface area (Å²) < 4.78 is 5.22. The van der Waals surface area contributed by atoms with Crippen molar-refractivity contribution in [3.05, 3.63) is 0 Å². The summed E-state index contributed by atoms with van der Waals surface area (Å²) in [7, 11) is 0. The normalized spacial score (nSPS) is 45.5. The van der Waals surface area contributed by atoms with Gasteiger partial charge in [0.1, 0.15) is 18.3 Å². The van der Waals surface area contributed by atoms with Gasteiger partial charge in [-0.2, -0.15) is 0 Å². The molecule has 2 saturated heterocycles. The zero-order valence-corrected chi connectivity index (χ0v) is 12.1. The highest BCUT2D eigenvalue weighted by Crippen LogP contribution is 2.39. The van der Waals surface area contributed by atoms with Crippen molar-refractivity contribution < 1.29 is 30.0 Å². The van der Waals surface area contributed by atoms with E-state index in [4.69, 9.17) is 10.5 Å². The fourth-order valence-electron chi connectivity index (χ4n) is 3.22. The molecule has 8 heteroatoms. The van der Waals surface area contributed by atoms with Crippen LogP contribution in [0.4, 0.5) is 0 Å². The smallest absolute Gasteiger partial charge is 0.262 e. The van der Waals surface area contributed by atoms with Crippen molar-refractivity contribution in [1.29, 1.82) is 0 Å². The second-order valence-corrected chi connectivity index (χ2v) is 5.85. The minimum Gasteiger partial charge on any atom is -0.394 e. The molecule has 2 fully saturated rings. The number of likely N-dealkylation sites (tertiary alicyclic amines) is 1. The minimum atomic E-state index is -2.49. The molecule has 2 aliphatic rings. The predicted molar refractivity (Wildman–Crippen MR) is 71.9 cm³/mol. The van der Waals surface area contributed by atoms with Crippen LogP contribution in [0.1, 0.15) is 26.2 Å². The predicted octanol–water partition coefficient (Wildman–Crippen LogP) is -2.48. The van der Waals surface area contributed by atoms with E-state index in [0.717, 1.165) is 26.2 Å². The maximum absolute atomic E-state index is 11.9. The summed E-state index contributed by atoms with van der Waals surface area (Å²) in [4.78, 5) is 13.5. The Labute approximate surface area is 123 Å². The first-order valence-electron chi connectivity index (χ1n) is 7.21. The number of aliphatic hydroxyl groups is 4. The molecule has 0 saturated carbocycles. The van der Waals surface area contributed by atoms with Crippen molar-refractivity contribution >= 4 is 5.78 Å². The Hall–Kier alpha value is -0.610. The van der Waals surface area contributed by atoms with Crippen molar-refractivity contribution in [2.45, 2.75) is 55.9 Å². The van der Waals surface area contributed by atoms with Gasteiger partial charge in [0.15, 0.2) is 11.4 Å². The molecule has 6 N–H and O–H groups in total. The fraction of sp³-hybridized carbons (Fsp3) is 0.923. The van der Waals surface area contributed by atoms with Crippen molar-refractivity contribution in [2.75, 3.05) is 19.7 Å². The molecule has 0 bridgehead atoms. The summed E-state index contributed by atoms with van der Waals surface area (Å²) in [5, 5.41) is 40.4. The SMILES string of the molecule is CC(=O)C1(O)O[C@H](CO)[C@@H](O)[C@H](O)[C@]1(N)N1CCCCC1. The van der Waals surface area contributed by atoms with E-state index in [-0.39, 0.29) is 0 Å². The van der Waals surface area contributed by atoms with E-state index in [0.29, 0.717) is 13.1 Å². The number of nitrogens with two attached hydrogens (primary N) is 1. The molecule has 0 radical (unpaired) electrons. The molecule has 0 aromatic carbocycles. The standard InChI is InChI=1S/C13H24N2O6/c1-8(17)13(20)12(14,15-5-3-2-4-6-15)11(19)10(18)9(7-16)21-13/h9-11,16,18-20H,2-7,14H2,1H3/t9-,10-,11+,12+,13?/m1/s1. The molecule has 5 atom stereocenters. The quantitative estimate of drug-likeness (QED) is 0.386. The zero-order chi connectivity index (χ0) is 15.8.